The maximum atomic E-state index is 11.6. The molecule has 0 aliphatic carbocycles. The summed E-state index contributed by atoms with van der Waals surface area (Å²) >= 11 is 5.81. The third-order valence-corrected chi connectivity index (χ3v) is 3.82. The van der Waals surface area contributed by atoms with Crippen LogP contribution in [0.15, 0.2) is 41.7 Å². The first-order valence-electron chi connectivity index (χ1n) is 5.36. The van der Waals surface area contributed by atoms with Crippen LogP contribution in [-0.2, 0) is 22.3 Å². The Labute approximate surface area is 111 Å². The van der Waals surface area contributed by atoms with Crippen LogP contribution >= 0.6 is 11.6 Å². The number of imidazole rings is 1. The predicted molar refractivity (Wildman–Crippen MR) is 70.4 cm³/mol. The van der Waals surface area contributed by atoms with Gasteiger partial charge < -0.3 is 4.57 Å². The van der Waals surface area contributed by atoms with E-state index in [9.17, 15) is 8.42 Å². The first-order chi connectivity index (χ1) is 8.52. The molecule has 0 unspecified atom stereocenters. The Morgan fingerprint density at radius 1 is 1.28 bits per heavy atom. The van der Waals surface area contributed by atoms with Gasteiger partial charge >= 0.3 is 0 Å². The summed E-state index contributed by atoms with van der Waals surface area (Å²) < 4.78 is 24.9. The zero-order valence-corrected chi connectivity index (χ0v) is 11.4. The van der Waals surface area contributed by atoms with Crippen molar-refractivity contribution < 1.29 is 8.42 Å². The Bertz CT molecular complexity index is 635. The van der Waals surface area contributed by atoms with Crippen molar-refractivity contribution in [3.05, 3.63) is 47.8 Å². The number of benzene rings is 1. The van der Waals surface area contributed by atoms with E-state index in [1.807, 2.05) is 30.3 Å². The standard InChI is InChI=1S/C12H13ClN2O2S/c1-18(16,17)12-14-8-11(7-13)15(12)9-10-5-3-2-4-6-10/h2-6,8H,7,9H2,1H3. The summed E-state index contributed by atoms with van der Waals surface area (Å²) in [5.41, 5.74) is 1.70. The van der Waals surface area contributed by atoms with Crippen molar-refractivity contribution in [3.8, 4) is 0 Å². The van der Waals surface area contributed by atoms with Gasteiger partial charge in [0.15, 0.2) is 0 Å². The minimum atomic E-state index is -3.35. The van der Waals surface area contributed by atoms with E-state index in [4.69, 9.17) is 11.6 Å². The van der Waals surface area contributed by atoms with Crippen molar-refractivity contribution in [2.45, 2.75) is 17.6 Å². The Balaban J connectivity index is 2.46. The van der Waals surface area contributed by atoms with E-state index in [2.05, 4.69) is 4.98 Å². The number of hydrogen-bond acceptors (Lipinski definition) is 3. The molecule has 0 aliphatic rings. The van der Waals surface area contributed by atoms with Gasteiger partial charge in [0, 0.05) is 6.26 Å². The molecule has 2 rings (SSSR count). The van der Waals surface area contributed by atoms with E-state index in [0.29, 0.717) is 12.2 Å². The van der Waals surface area contributed by atoms with Gasteiger partial charge in [0.2, 0.25) is 15.0 Å². The molecule has 96 valence electrons. The summed E-state index contributed by atoms with van der Waals surface area (Å²) in [4.78, 5) is 3.94. The molecule has 2 aromatic rings. The second-order valence-corrected chi connectivity index (χ2v) is 6.19. The molecule has 6 heteroatoms. The van der Waals surface area contributed by atoms with Crippen molar-refractivity contribution in [2.24, 2.45) is 0 Å². The summed E-state index contributed by atoms with van der Waals surface area (Å²) in [5, 5.41) is 0.0574. The molecule has 4 nitrogen and oxygen atoms in total. The summed E-state index contributed by atoms with van der Waals surface area (Å²) in [7, 11) is -3.35. The van der Waals surface area contributed by atoms with Crippen LogP contribution in [0.4, 0.5) is 0 Å². The van der Waals surface area contributed by atoms with Gasteiger partial charge in [-0.05, 0) is 5.56 Å². The first-order valence-corrected chi connectivity index (χ1v) is 7.79. The van der Waals surface area contributed by atoms with Crippen molar-refractivity contribution in [3.63, 3.8) is 0 Å². The molecule has 0 aliphatic heterocycles. The van der Waals surface area contributed by atoms with Gasteiger partial charge in [-0.3, -0.25) is 0 Å². The molecule has 1 aromatic heterocycles. The van der Waals surface area contributed by atoms with Crippen LogP contribution < -0.4 is 0 Å². The third kappa shape index (κ3) is 2.73. The maximum Gasteiger partial charge on any atom is 0.227 e. The fraction of sp³-hybridized carbons (Fsp3) is 0.250. The van der Waals surface area contributed by atoms with Gasteiger partial charge in [0.1, 0.15) is 0 Å². The molecule has 0 N–H and O–H groups in total. The number of sulfone groups is 1. The normalized spacial score (nSPS) is 11.7. The zero-order chi connectivity index (χ0) is 13.2. The summed E-state index contributed by atoms with van der Waals surface area (Å²) in [5.74, 6) is 0.232. The van der Waals surface area contributed by atoms with Crippen LogP contribution in [0.5, 0.6) is 0 Å². The fourth-order valence-corrected chi connectivity index (χ4v) is 2.77. The van der Waals surface area contributed by atoms with E-state index in [-0.39, 0.29) is 11.0 Å². The molecule has 0 saturated heterocycles. The van der Waals surface area contributed by atoms with Gasteiger partial charge in [0.25, 0.3) is 0 Å². The first kappa shape index (κ1) is 13.1. The molecule has 1 aromatic carbocycles. The summed E-state index contributed by atoms with van der Waals surface area (Å²) in [6, 6.07) is 9.60. The minimum absolute atomic E-state index is 0.0574. The zero-order valence-electron chi connectivity index (χ0n) is 9.88. The summed E-state index contributed by atoms with van der Waals surface area (Å²) in [6.07, 6.45) is 2.65. The third-order valence-electron chi connectivity index (χ3n) is 2.55. The number of rotatable bonds is 4. The quantitative estimate of drug-likeness (QED) is 0.808. The van der Waals surface area contributed by atoms with E-state index in [0.717, 1.165) is 11.8 Å². The van der Waals surface area contributed by atoms with Crippen LogP contribution in [0.1, 0.15) is 11.3 Å². The van der Waals surface area contributed by atoms with Gasteiger partial charge in [-0.1, -0.05) is 30.3 Å². The van der Waals surface area contributed by atoms with Crippen LogP contribution in [0.3, 0.4) is 0 Å². The fourth-order valence-electron chi connectivity index (χ4n) is 1.73. The van der Waals surface area contributed by atoms with Crippen LogP contribution in [-0.4, -0.2) is 24.2 Å². The molecule has 18 heavy (non-hydrogen) atoms. The molecular weight excluding hydrogens is 272 g/mol. The lowest BCUT2D eigenvalue weighted by atomic mass is 10.2. The van der Waals surface area contributed by atoms with Gasteiger partial charge in [-0.2, -0.15) is 0 Å². The number of alkyl halides is 1. The second-order valence-electron chi connectivity index (χ2n) is 4.01. The van der Waals surface area contributed by atoms with E-state index in [1.54, 1.807) is 4.57 Å². The average molecular weight is 285 g/mol. The molecule has 0 spiro atoms. The van der Waals surface area contributed by atoms with Crippen molar-refractivity contribution in [1.82, 2.24) is 9.55 Å². The monoisotopic (exact) mass is 284 g/mol. The molecule has 1 heterocycles. The Kier molecular flexibility index (Phi) is 3.73. The lowest BCUT2D eigenvalue weighted by Gasteiger charge is -2.09. The molecule has 0 radical (unpaired) electrons. The molecule has 0 amide bonds. The highest BCUT2D eigenvalue weighted by molar-refractivity contribution is 7.90. The van der Waals surface area contributed by atoms with E-state index < -0.39 is 9.84 Å². The number of aromatic nitrogens is 2. The van der Waals surface area contributed by atoms with Gasteiger partial charge in [-0.15, -0.1) is 11.6 Å². The van der Waals surface area contributed by atoms with Crippen LogP contribution in [0.2, 0.25) is 0 Å². The highest BCUT2D eigenvalue weighted by Crippen LogP contribution is 2.15. The van der Waals surface area contributed by atoms with E-state index in [1.165, 1.54) is 6.20 Å². The Morgan fingerprint density at radius 2 is 1.94 bits per heavy atom. The number of halogens is 1. The lowest BCUT2D eigenvalue weighted by Crippen LogP contribution is -2.12. The smallest absolute Gasteiger partial charge is 0.227 e. The average Bonchev–Trinajstić information content (AvgIpc) is 2.73. The van der Waals surface area contributed by atoms with Crippen molar-refractivity contribution in [1.29, 1.82) is 0 Å². The maximum absolute atomic E-state index is 11.6. The van der Waals surface area contributed by atoms with E-state index >= 15 is 0 Å². The number of nitrogens with zero attached hydrogens (tertiary/aromatic N) is 2. The molecule has 0 atom stereocenters. The molecule has 0 fully saturated rings. The Hall–Kier alpha value is -1.33. The number of hydrogen-bond donors (Lipinski definition) is 0. The van der Waals surface area contributed by atoms with Gasteiger partial charge in [0.05, 0.1) is 24.3 Å². The summed E-state index contributed by atoms with van der Waals surface area (Å²) in [6.45, 7) is 0.450. The highest BCUT2D eigenvalue weighted by atomic mass is 35.5. The second kappa shape index (κ2) is 5.12. The SMILES string of the molecule is CS(=O)(=O)c1ncc(CCl)n1Cc1ccccc1. The lowest BCUT2D eigenvalue weighted by molar-refractivity contribution is 0.575. The van der Waals surface area contributed by atoms with Crippen molar-refractivity contribution in [2.75, 3.05) is 6.26 Å². The van der Waals surface area contributed by atoms with Crippen molar-refractivity contribution >= 4 is 21.4 Å². The van der Waals surface area contributed by atoms with Crippen LogP contribution in [0.25, 0.3) is 0 Å². The highest BCUT2D eigenvalue weighted by Gasteiger charge is 2.18. The molecule has 0 bridgehead atoms. The Morgan fingerprint density at radius 3 is 2.50 bits per heavy atom. The largest absolute Gasteiger partial charge is 0.313 e. The topological polar surface area (TPSA) is 52.0 Å². The van der Waals surface area contributed by atoms with Crippen LogP contribution in [0, 0.1) is 0 Å². The predicted octanol–water partition coefficient (Wildman–Crippen LogP) is 2.07. The molecule has 0 saturated carbocycles. The van der Waals surface area contributed by atoms with Gasteiger partial charge in [-0.25, -0.2) is 13.4 Å². The molecular formula is C12H13ClN2O2S. The minimum Gasteiger partial charge on any atom is -0.313 e.